The number of imide groups is 1. The Kier molecular flexibility index (Phi) is 4.74. The van der Waals surface area contributed by atoms with E-state index in [0.717, 1.165) is 33.2 Å². The van der Waals surface area contributed by atoms with E-state index in [0.29, 0.717) is 0 Å². The predicted octanol–water partition coefficient (Wildman–Crippen LogP) is 2.48. The third-order valence-electron chi connectivity index (χ3n) is 7.86. The molecule has 4 aliphatic rings. The van der Waals surface area contributed by atoms with Gasteiger partial charge in [0, 0.05) is 34.6 Å². The molecule has 1 aromatic heterocycles. The first-order valence-electron chi connectivity index (χ1n) is 11.1. The van der Waals surface area contributed by atoms with Crippen molar-refractivity contribution in [3.05, 3.63) is 44.4 Å². The lowest BCUT2D eigenvalue weighted by molar-refractivity contribution is -0.142. The summed E-state index contributed by atoms with van der Waals surface area (Å²) in [4.78, 5) is 54.7. The Bertz CT molecular complexity index is 1240. The number of carbonyl (C=O) groups excluding carboxylic acids is 2. The molecule has 0 spiro atoms. The fourth-order valence-corrected chi connectivity index (χ4v) is 9.67. The van der Waals surface area contributed by atoms with Gasteiger partial charge in [-0.15, -0.1) is 11.8 Å². The molecule has 0 radical (unpaired) electrons. The van der Waals surface area contributed by atoms with Gasteiger partial charge in [-0.25, -0.2) is 0 Å². The number of H-pyrrole nitrogens is 1. The van der Waals surface area contributed by atoms with Gasteiger partial charge in [0.05, 0.1) is 16.9 Å². The molecule has 3 fully saturated rings. The quantitative estimate of drug-likeness (QED) is 0.554. The number of aromatic nitrogens is 1. The molecule has 2 bridgehead atoms. The van der Waals surface area contributed by atoms with Crippen LogP contribution in [0.4, 0.5) is 0 Å². The van der Waals surface area contributed by atoms with E-state index < -0.39 is 11.9 Å². The number of phenolic OH excluding ortho intramolecular Hbond substituents is 1. The average molecular weight is 487 g/mol. The third-order valence-corrected chi connectivity index (χ3v) is 10.4. The monoisotopic (exact) mass is 486 g/mol. The number of carboxylic acids is 1. The molecule has 10 heteroatoms. The highest BCUT2D eigenvalue weighted by Crippen LogP contribution is 2.68. The zero-order valence-corrected chi connectivity index (χ0v) is 19.1. The number of aromatic amines is 1. The molecule has 33 heavy (non-hydrogen) atoms. The molecule has 2 saturated carbocycles. The fourth-order valence-electron chi connectivity index (χ4n) is 6.79. The minimum atomic E-state index is -0.942. The number of thiazole rings is 1. The van der Waals surface area contributed by atoms with Gasteiger partial charge in [-0.2, -0.15) is 0 Å². The number of nitrogens with one attached hydrogen (secondary N) is 1. The Balaban J connectivity index is 1.39. The van der Waals surface area contributed by atoms with Crippen LogP contribution in [-0.2, 0) is 14.4 Å². The lowest BCUT2D eigenvalue weighted by atomic mass is 9.68. The van der Waals surface area contributed by atoms with Crippen molar-refractivity contribution in [1.82, 2.24) is 9.88 Å². The lowest BCUT2D eigenvalue weighted by Crippen LogP contribution is -2.42. The summed E-state index contributed by atoms with van der Waals surface area (Å²) in [5, 5.41) is 20.5. The number of likely N-dealkylation sites (tertiary alicyclic amines) is 1. The Morgan fingerprint density at radius 1 is 1.12 bits per heavy atom. The summed E-state index contributed by atoms with van der Waals surface area (Å²) < 4.78 is 0. The molecular formula is C23H22N2O6S2. The van der Waals surface area contributed by atoms with Crippen molar-refractivity contribution >= 4 is 40.9 Å². The zero-order chi connectivity index (χ0) is 23.0. The maximum Gasteiger partial charge on any atom is 0.305 e. The summed E-state index contributed by atoms with van der Waals surface area (Å²) in [6.45, 7) is 0.141. The molecule has 6 rings (SSSR count). The first kappa shape index (κ1) is 21.0. The molecule has 3 N–H and O–H groups in total. The normalized spacial score (nSPS) is 33.8. The Hall–Kier alpha value is -2.59. The second-order valence-electron chi connectivity index (χ2n) is 9.34. The average Bonchev–Trinajstić information content (AvgIpc) is 3.49. The van der Waals surface area contributed by atoms with Crippen LogP contribution in [0.3, 0.4) is 0 Å². The number of benzene rings is 1. The van der Waals surface area contributed by atoms with Gasteiger partial charge in [0.15, 0.2) is 0 Å². The van der Waals surface area contributed by atoms with E-state index in [-0.39, 0.29) is 76.7 Å². The molecule has 2 aliphatic carbocycles. The van der Waals surface area contributed by atoms with Gasteiger partial charge in [-0.3, -0.25) is 24.1 Å². The van der Waals surface area contributed by atoms with Crippen LogP contribution in [-0.4, -0.2) is 49.7 Å². The second kappa shape index (κ2) is 7.46. The summed E-state index contributed by atoms with van der Waals surface area (Å²) in [5.41, 5.74) is 0.753. The van der Waals surface area contributed by atoms with Gasteiger partial charge in [0.1, 0.15) is 5.75 Å². The Labute approximate surface area is 197 Å². The first-order valence-corrected chi connectivity index (χ1v) is 12.8. The van der Waals surface area contributed by atoms with Gasteiger partial charge in [0.25, 0.3) is 0 Å². The highest BCUT2D eigenvalue weighted by Gasteiger charge is 2.69. The van der Waals surface area contributed by atoms with Gasteiger partial charge in [-0.1, -0.05) is 29.5 Å². The number of carbonyl (C=O) groups is 3. The molecule has 2 aliphatic heterocycles. The molecule has 1 aromatic carbocycles. The molecule has 7 atom stereocenters. The van der Waals surface area contributed by atoms with E-state index in [1.807, 2.05) is 12.1 Å². The van der Waals surface area contributed by atoms with Gasteiger partial charge < -0.3 is 15.2 Å². The molecule has 172 valence electrons. The number of thioether (sulfide) groups is 1. The standard InChI is InChI=1S/C23H22N2O6S2/c26-12-5-2-1-4-9(12)14-15-10-8-11(18(15)32-20-19(14)33-23(31)24-20)17-16(10)21(29)25(22(17)30)7-3-6-13(27)28/h1-2,4-5,10-11,14-18,26H,3,6-8H2,(H,24,31)(H,27,28)/t10-,11+,14+,15+,16+,17+,18-/m0/s1. The van der Waals surface area contributed by atoms with Crippen LogP contribution in [0.25, 0.3) is 0 Å². The maximum atomic E-state index is 13.3. The van der Waals surface area contributed by atoms with Crippen LogP contribution in [0, 0.1) is 29.6 Å². The minimum absolute atomic E-state index is 0.0147. The van der Waals surface area contributed by atoms with E-state index in [4.69, 9.17) is 5.11 Å². The first-order chi connectivity index (χ1) is 15.9. The lowest BCUT2D eigenvalue weighted by Gasteiger charge is -2.43. The molecule has 2 amide bonds. The van der Waals surface area contributed by atoms with E-state index in [1.165, 1.54) is 4.90 Å². The number of nitrogens with zero attached hydrogens (tertiary/aromatic N) is 1. The predicted molar refractivity (Wildman–Crippen MR) is 120 cm³/mol. The highest BCUT2D eigenvalue weighted by molar-refractivity contribution is 8.00. The summed E-state index contributed by atoms with van der Waals surface area (Å²) >= 11 is 2.76. The number of carboxylic acid groups (broad SMARTS) is 1. The summed E-state index contributed by atoms with van der Waals surface area (Å²) in [5.74, 6) is -2.10. The van der Waals surface area contributed by atoms with E-state index >= 15 is 0 Å². The van der Waals surface area contributed by atoms with Crippen molar-refractivity contribution in [3.8, 4) is 5.75 Å². The van der Waals surface area contributed by atoms with Crippen molar-refractivity contribution in [2.24, 2.45) is 29.6 Å². The van der Waals surface area contributed by atoms with Gasteiger partial charge in [-0.05, 0) is 36.7 Å². The summed E-state index contributed by atoms with van der Waals surface area (Å²) in [6, 6.07) is 7.15. The van der Waals surface area contributed by atoms with Crippen LogP contribution in [0.5, 0.6) is 5.75 Å². The molecule has 0 unspecified atom stereocenters. The Morgan fingerprint density at radius 2 is 1.85 bits per heavy atom. The van der Waals surface area contributed by atoms with Crippen molar-refractivity contribution in [2.75, 3.05) is 6.54 Å². The van der Waals surface area contributed by atoms with Crippen molar-refractivity contribution in [3.63, 3.8) is 0 Å². The number of aliphatic carboxylic acids is 1. The van der Waals surface area contributed by atoms with Crippen molar-refractivity contribution in [1.29, 1.82) is 0 Å². The third kappa shape index (κ3) is 2.96. The zero-order valence-electron chi connectivity index (χ0n) is 17.5. The summed E-state index contributed by atoms with van der Waals surface area (Å²) in [7, 11) is 0. The van der Waals surface area contributed by atoms with Crippen LogP contribution in [0.15, 0.2) is 34.1 Å². The highest BCUT2D eigenvalue weighted by atomic mass is 32.2. The number of hydrogen-bond acceptors (Lipinski definition) is 7. The largest absolute Gasteiger partial charge is 0.508 e. The van der Waals surface area contributed by atoms with Gasteiger partial charge in [0.2, 0.25) is 11.8 Å². The van der Waals surface area contributed by atoms with E-state index in [9.17, 15) is 24.3 Å². The van der Waals surface area contributed by atoms with Crippen LogP contribution in [0.1, 0.15) is 35.6 Å². The molecule has 2 aromatic rings. The van der Waals surface area contributed by atoms with Gasteiger partial charge >= 0.3 is 10.8 Å². The van der Waals surface area contributed by atoms with Crippen LogP contribution < -0.4 is 4.87 Å². The molecule has 3 heterocycles. The van der Waals surface area contributed by atoms with Crippen LogP contribution in [0.2, 0.25) is 0 Å². The van der Waals surface area contributed by atoms with E-state index in [1.54, 1.807) is 23.9 Å². The summed E-state index contributed by atoms with van der Waals surface area (Å²) in [6.07, 6.45) is 0.951. The number of amides is 2. The van der Waals surface area contributed by atoms with Crippen molar-refractivity contribution in [2.45, 2.75) is 35.5 Å². The second-order valence-corrected chi connectivity index (χ2v) is 11.5. The smallest absolute Gasteiger partial charge is 0.305 e. The van der Waals surface area contributed by atoms with E-state index in [2.05, 4.69) is 4.98 Å². The topological polar surface area (TPSA) is 128 Å². The Morgan fingerprint density at radius 3 is 2.58 bits per heavy atom. The van der Waals surface area contributed by atoms with Crippen molar-refractivity contribution < 1.29 is 24.6 Å². The number of para-hydroxylation sites is 1. The molecule has 8 nitrogen and oxygen atoms in total. The SMILES string of the molecule is O=C(O)CCCN1C(=O)[C@@H]2[C@H]3C[C@@H]([C@@H]4Sc5[nH]c(=O)sc5[C@H](c5ccccc5O)[C@@H]34)[C@H]2C1=O. The fraction of sp³-hybridized carbons (Fsp3) is 0.478. The molecule has 1 saturated heterocycles. The van der Waals surface area contributed by atoms with Crippen LogP contribution >= 0.6 is 23.1 Å². The number of phenols is 1. The molecular weight excluding hydrogens is 464 g/mol. The minimum Gasteiger partial charge on any atom is -0.508 e. The number of rotatable bonds is 5. The number of hydrogen-bond donors (Lipinski definition) is 3. The maximum absolute atomic E-state index is 13.3. The number of fused-ring (bicyclic) bond motifs is 9. The number of aromatic hydroxyl groups is 1.